The molecule has 0 saturated carbocycles. The second-order valence-corrected chi connectivity index (χ2v) is 4.86. The molecule has 24 heavy (non-hydrogen) atoms. The molecule has 0 bridgehead atoms. The van der Waals surface area contributed by atoms with Crippen LogP contribution >= 0.6 is 0 Å². The Morgan fingerprint density at radius 1 is 1.33 bits per heavy atom. The average Bonchev–Trinajstić information content (AvgIpc) is 3.03. The number of hydrogen-bond donors (Lipinski definition) is 2. The molecule has 0 aliphatic heterocycles. The number of carbonyl (C=O) groups is 2. The number of allylic oxidation sites excluding steroid dienone is 1. The van der Waals surface area contributed by atoms with Crippen LogP contribution in [-0.2, 0) is 22.6 Å². The van der Waals surface area contributed by atoms with E-state index >= 15 is 0 Å². The van der Waals surface area contributed by atoms with Crippen molar-refractivity contribution in [3.63, 3.8) is 0 Å². The number of rotatable bonds is 6. The number of carboxylic acid groups (broad SMARTS) is 2. The van der Waals surface area contributed by atoms with Crippen molar-refractivity contribution in [1.82, 2.24) is 9.55 Å². The SMILES string of the molecule is C=CCc1cc(C)ccc1OCCn1ccnc1.O=C(O)C(=O)O. The Morgan fingerprint density at radius 3 is 2.58 bits per heavy atom. The molecule has 1 aromatic carbocycles. The summed E-state index contributed by atoms with van der Waals surface area (Å²) in [6.07, 6.45) is 8.24. The Kier molecular flexibility index (Phi) is 7.77. The van der Waals surface area contributed by atoms with Crippen LogP contribution in [0, 0.1) is 6.92 Å². The quantitative estimate of drug-likeness (QED) is 0.621. The Hall–Kier alpha value is -3.09. The van der Waals surface area contributed by atoms with Gasteiger partial charge in [0.1, 0.15) is 12.4 Å². The summed E-state index contributed by atoms with van der Waals surface area (Å²) in [6, 6.07) is 6.25. The van der Waals surface area contributed by atoms with Gasteiger partial charge in [-0.05, 0) is 25.0 Å². The van der Waals surface area contributed by atoms with E-state index in [-0.39, 0.29) is 0 Å². The van der Waals surface area contributed by atoms with Crippen molar-refractivity contribution in [3.8, 4) is 5.75 Å². The molecule has 7 nitrogen and oxygen atoms in total. The maximum Gasteiger partial charge on any atom is 0.414 e. The summed E-state index contributed by atoms with van der Waals surface area (Å²) in [5.74, 6) is -2.70. The van der Waals surface area contributed by atoms with Gasteiger partial charge in [0.15, 0.2) is 0 Å². The minimum atomic E-state index is -1.82. The first-order chi connectivity index (χ1) is 11.4. The van der Waals surface area contributed by atoms with Gasteiger partial charge in [-0.3, -0.25) is 0 Å². The Labute approximate surface area is 139 Å². The molecule has 1 aromatic heterocycles. The highest BCUT2D eigenvalue weighted by Gasteiger charge is 2.04. The Balaban J connectivity index is 0.000000413. The summed E-state index contributed by atoms with van der Waals surface area (Å²) in [6.45, 7) is 7.31. The zero-order chi connectivity index (χ0) is 17.9. The molecular weight excluding hydrogens is 312 g/mol. The lowest BCUT2D eigenvalue weighted by Crippen LogP contribution is -2.09. The number of nitrogens with zero attached hydrogens (tertiary/aromatic N) is 2. The van der Waals surface area contributed by atoms with Crippen LogP contribution in [0.3, 0.4) is 0 Å². The smallest absolute Gasteiger partial charge is 0.414 e. The fourth-order valence-corrected chi connectivity index (χ4v) is 1.84. The van der Waals surface area contributed by atoms with E-state index in [1.807, 2.05) is 22.9 Å². The zero-order valence-electron chi connectivity index (χ0n) is 13.4. The second kappa shape index (κ2) is 9.83. The predicted octanol–water partition coefficient (Wildman–Crippen LogP) is 2.15. The predicted molar refractivity (Wildman–Crippen MR) is 88.1 cm³/mol. The first kappa shape index (κ1) is 19.0. The summed E-state index contributed by atoms with van der Waals surface area (Å²) < 4.78 is 7.82. The molecule has 0 saturated heterocycles. The van der Waals surface area contributed by atoms with Gasteiger partial charge in [0.05, 0.1) is 12.9 Å². The van der Waals surface area contributed by atoms with Crippen molar-refractivity contribution >= 4 is 11.9 Å². The highest BCUT2D eigenvalue weighted by Crippen LogP contribution is 2.20. The van der Waals surface area contributed by atoms with Crippen molar-refractivity contribution in [2.24, 2.45) is 0 Å². The summed E-state index contributed by atoms with van der Waals surface area (Å²) in [5, 5.41) is 14.8. The topological polar surface area (TPSA) is 102 Å². The van der Waals surface area contributed by atoms with E-state index in [1.54, 1.807) is 12.5 Å². The Morgan fingerprint density at radius 2 is 2.04 bits per heavy atom. The molecule has 1 heterocycles. The van der Waals surface area contributed by atoms with Gasteiger partial charge in [-0.2, -0.15) is 0 Å². The normalized spacial score (nSPS) is 9.54. The number of ether oxygens (including phenoxy) is 1. The number of aromatic nitrogens is 2. The number of benzene rings is 1. The van der Waals surface area contributed by atoms with Crippen LogP contribution in [0.2, 0.25) is 0 Å². The standard InChI is InChI=1S/C15H18N2O.C2H2O4/c1-3-4-14-11-13(2)5-6-15(14)18-10-9-17-8-7-16-12-17;3-1(4)2(5)6/h3,5-8,11-12H,1,4,9-10H2,2H3;(H,3,4)(H,5,6). The molecule has 0 fully saturated rings. The van der Waals surface area contributed by atoms with Crippen molar-refractivity contribution in [2.45, 2.75) is 19.9 Å². The molecule has 0 aliphatic rings. The fourth-order valence-electron chi connectivity index (χ4n) is 1.84. The zero-order valence-corrected chi connectivity index (χ0v) is 13.4. The third-order valence-electron chi connectivity index (χ3n) is 2.93. The van der Waals surface area contributed by atoms with Crippen LogP contribution in [-0.4, -0.2) is 38.3 Å². The van der Waals surface area contributed by atoms with Crippen molar-refractivity contribution in [1.29, 1.82) is 0 Å². The van der Waals surface area contributed by atoms with Crippen LogP contribution in [0.5, 0.6) is 5.75 Å². The molecule has 0 amide bonds. The number of imidazole rings is 1. The molecule has 2 N–H and O–H groups in total. The highest BCUT2D eigenvalue weighted by molar-refractivity contribution is 6.27. The summed E-state index contributed by atoms with van der Waals surface area (Å²) >= 11 is 0. The van der Waals surface area contributed by atoms with Gasteiger partial charge in [-0.1, -0.05) is 23.8 Å². The summed E-state index contributed by atoms with van der Waals surface area (Å²) in [7, 11) is 0. The van der Waals surface area contributed by atoms with Gasteiger partial charge < -0.3 is 19.5 Å². The average molecular weight is 332 g/mol. The van der Waals surface area contributed by atoms with E-state index in [2.05, 4.69) is 30.6 Å². The highest BCUT2D eigenvalue weighted by atomic mass is 16.5. The molecule has 0 radical (unpaired) electrons. The third-order valence-corrected chi connectivity index (χ3v) is 2.93. The molecule has 0 spiro atoms. The lowest BCUT2D eigenvalue weighted by atomic mass is 10.1. The van der Waals surface area contributed by atoms with Crippen molar-refractivity contribution in [2.75, 3.05) is 6.61 Å². The van der Waals surface area contributed by atoms with E-state index in [4.69, 9.17) is 24.5 Å². The van der Waals surface area contributed by atoms with Crippen LogP contribution in [0.25, 0.3) is 0 Å². The molecule has 128 valence electrons. The summed E-state index contributed by atoms with van der Waals surface area (Å²) in [5.41, 5.74) is 2.43. The molecule has 0 unspecified atom stereocenters. The first-order valence-electron chi connectivity index (χ1n) is 7.19. The van der Waals surface area contributed by atoms with E-state index in [9.17, 15) is 0 Å². The van der Waals surface area contributed by atoms with Crippen LogP contribution in [0.15, 0.2) is 49.6 Å². The molecule has 2 aromatic rings. The second-order valence-electron chi connectivity index (χ2n) is 4.86. The van der Waals surface area contributed by atoms with Gasteiger partial charge in [0.2, 0.25) is 0 Å². The van der Waals surface area contributed by atoms with Gasteiger partial charge in [0, 0.05) is 12.4 Å². The lowest BCUT2D eigenvalue weighted by molar-refractivity contribution is -0.159. The number of hydrogen-bond acceptors (Lipinski definition) is 4. The van der Waals surface area contributed by atoms with Gasteiger partial charge in [-0.25, -0.2) is 14.6 Å². The number of aryl methyl sites for hydroxylation is 1. The van der Waals surface area contributed by atoms with Crippen molar-refractivity contribution in [3.05, 3.63) is 60.7 Å². The van der Waals surface area contributed by atoms with E-state index < -0.39 is 11.9 Å². The largest absolute Gasteiger partial charge is 0.491 e. The van der Waals surface area contributed by atoms with Gasteiger partial charge in [0.25, 0.3) is 0 Å². The maximum atomic E-state index is 9.10. The molecule has 2 rings (SSSR count). The first-order valence-corrected chi connectivity index (χ1v) is 7.19. The monoisotopic (exact) mass is 332 g/mol. The third kappa shape index (κ3) is 6.78. The maximum absolute atomic E-state index is 9.10. The van der Waals surface area contributed by atoms with Crippen LogP contribution < -0.4 is 4.74 Å². The van der Waals surface area contributed by atoms with Crippen molar-refractivity contribution < 1.29 is 24.5 Å². The lowest BCUT2D eigenvalue weighted by Gasteiger charge is -2.11. The van der Waals surface area contributed by atoms with Gasteiger partial charge >= 0.3 is 11.9 Å². The molecule has 0 aliphatic carbocycles. The minimum absolute atomic E-state index is 0.642. The van der Waals surface area contributed by atoms with E-state index in [1.165, 1.54) is 11.1 Å². The van der Waals surface area contributed by atoms with E-state index in [0.29, 0.717) is 6.61 Å². The summed E-state index contributed by atoms with van der Waals surface area (Å²) in [4.78, 5) is 22.2. The fraction of sp³-hybridized carbons (Fsp3) is 0.235. The van der Waals surface area contributed by atoms with Crippen LogP contribution in [0.1, 0.15) is 11.1 Å². The molecular formula is C17H20N2O5. The van der Waals surface area contributed by atoms with Gasteiger partial charge in [-0.15, -0.1) is 6.58 Å². The molecule has 0 atom stereocenters. The number of carboxylic acids is 2. The van der Waals surface area contributed by atoms with E-state index in [0.717, 1.165) is 18.7 Å². The minimum Gasteiger partial charge on any atom is -0.491 e. The van der Waals surface area contributed by atoms with Crippen LogP contribution in [0.4, 0.5) is 0 Å². The Bertz CT molecular complexity index is 668. The molecule has 7 heteroatoms. The number of aliphatic carboxylic acids is 2.